The molecule has 0 fully saturated rings. The number of hydrogen-bond acceptors (Lipinski definition) is 5. The first kappa shape index (κ1) is 14.9. The molecule has 0 aliphatic heterocycles. The minimum Gasteiger partial charge on any atom is -0.332 e. The van der Waals surface area contributed by atoms with Crippen molar-refractivity contribution in [3.63, 3.8) is 0 Å². The van der Waals surface area contributed by atoms with Crippen molar-refractivity contribution in [1.29, 1.82) is 0 Å². The molecule has 2 heterocycles. The van der Waals surface area contributed by atoms with Crippen molar-refractivity contribution in [1.82, 2.24) is 20.2 Å². The van der Waals surface area contributed by atoms with E-state index in [0.29, 0.717) is 16.4 Å². The number of thiazole rings is 1. The fourth-order valence-electron chi connectivity index (χ4n) is 1.49. The Labute approximate surface area is 126 Å². The van der Waals surface area contributed by atoms with Gasteiger partial charge >= 0.3 is 6.03 Å². The lowest BCUT2D eigenvalue weighted by Crippen LogP contribution is -2.34. The number of nitrogens with one attached hydrogen (secondary N) is 2. The summed E-state index contributed by atoms with van der Waals surface area (Å²) in [7, 11) is 3.31. The molecule has 0 aliphatic rings. The Morgan fingerprint density at radius 2 is 2.10 bits per heavy atom. The van der Waals surface area contributed by atoms with E-state index >= 15 is 0 Å². The summed E-state index contributed by atoms with van der Waals surface area (Å²) in [5.74, 6) is -0.257. The summed E-state index contributed by atoms with van der Waals surface area (Å²) >= 11 is 1.35. The summed E-state index contributed by atoms with van der Waals surface area (Å²) < 4.78 is 0. The van der Waals surface area contributed by atoms with Gasteiger partial charge < -0.3 is 10.2 Å². The fourth-order valence-corrected chi connectivity index (χ4v) is 2.02. The Kier molecular flexibility index (Phi) is 4.83. The van der Waals surface area contributed by atoms with E-state index in [1.165, 1.54) is 22.4 Å². The van der Waals surface area contributed by atoms with Crippen LogP contribution in [0.15, 0.2) is 29.9 Å². The molecule has 0 saturated heterocycles. The van der Waals surface area contributed by atoms with Gasteiger partial charge in [0, 0.05) is 37.4 Å². The zero-order chi connectivity index (χ0) is 15.2. The molecule has 8 heteroatoms. The van der Waals surface area contributed by atoms with Crippen LogP contribution in [0.4, 0.5) is 9.93 Å². The number of amides is 3. The highest BCUT2D eigenvalue weighted by molar-refractivity contribution is 7.13. The van der Waals surface area contributed by atoms with Crippen molar-refractivity contribution in [2.45, 2.75) is 6.54 Å². The maximum absolute atomic E-state index is 12.0. The number of pyridine rings is 1. The second-order valence-corrected chi connectivity index (χ2v) is 5.27. The third-order valence-electron chi connectivity index (χ3n) is 2.56. The number of rotatable bonds is 4. The third kappa shape index (κ3) is 4.25. The Morgan fingerprint density at radius 3 is 2.76 bits per heavy atom. The molecular formula is C13H15N5O2S. The van der Waals surface area contributed by atoms with Crippen molar-refractivity contribution in [2.24, 2.45) is 0 Å². The SMILES string of the molecule is CN(C)C(=O)NCc1cc(C(=O)Nc2nccs2)ccn1. The van der Waals surface area contributed by atoms with E-state index < -0.39 is 0 Å². The predicted octanol–water partition coefficient (Wildman–Crippen LogP) is 1.56. The molecule has 0 spiro atoms. The minimum atomic E-state index is -0.257. The van der Waals surface area contributed by atoms with Crippen LogP contribution in [0.5, 0.6) is 0 Å². The Morgan fingerprint density at radius 1 is 1.29 bits per heavy atom. The summed E-state index contributed by atoms with van der Waals surface area (Å²) in [6.07, 6.45) is 3.16. The van der Waals surface area contributed by atoms with E-state index in [9.17, 15) is 9.59 Å². The third-order valence-corrected chi connectivity index (χ3v) is 3.25. The first-order valence-electron chi connectivity index (χ1n) is 6.17. The van der Waals surface area contributed by atoms with Crippen LogP contribution in [-0.4, -0.2) is 40.9 Å². The molecule has 0 radical (unpaired) electrons. The van der Waals surface area contributed by atoms with Gasteiger partial charge in [-0.25, -0.2) is 9.78 Å². The molecule has 2 N–H and O–H groups in total. The Bertz CT molecular complexity index is 627. The zero-order valence-electron chi connectivity index (χ0n) is 11.7. The summed E-state index contributed by atoms with van der Waals surface area (Å²) in [6, 6.07) is 3.04. The van der Waals surface area contributed by atoms with Gasteiger partial charge in [0.25, 0.3) is 5.91 Å². The molecule has 2 aromatic rings. The van der Waals surface area contributed by atoms with Gasteiger partial charge in [-0.05, 0) is 12.1 Å². The normalized spacial score (nSPS) is 10.0. The van der Waals surface area contributed by atoms with Crippen LogP contribution in [-0.2, 0) is 6.54 Å². The van der Waals surface area contributed by atoms with E-state index in [0.717, 1.165) is 0 Å². The lowest BCUT2D eigenvalue weighted by atomic mass is 10.2. The smallest absolute Gasteiger partial charge is 0.317 e. The summed E-state index contributed by atoms with van der Waals surface area (Å²) in [6.45, 7) is 0.259. The number of hydrogen-bond donors (Lipinski definition) is 2. The lowest BCUT2D eigenvalue weighted by molar-refractivity contribution is 0.102. The highest BCUT2D eigenvalue weighted by Crippen LogP contribution is 2.12. The van der Waals surface area contributed by atoms with E-state index in [4.69, 9.17) is 0 Å². The molecular weight excluding hydrogens is 290 g/mol. The molecule has 2 rings (SSSR count). The summed E-state index contributed by atoms with van der Waals surface area (Å²) in [4.78, 5) is 33.0. The monoisotopic (exact) mass is 305 g/mol. The molecule has 0 aromatic carbocycles. The average Bonchev–Trinajstić information content (AvgIpc) is 2.97. The van der Waals surface area contributed by atoms with Gasteiger partial charge in [-0.1, -0.05) is 0 Å². The molecule has 0 aliphatic carbocycles. The summed E-state index contributed by atoms with van der Waals surface area (Å²) in [5.41, 5.74) is 1.08. The van der Waals surface area contributed by atoms with Crippen molar-refractivity contribution in [3.05, 3.63) is 41.2 Å². The molecule has 0 atom stereocenters. The van der Waals surface area contributed by atoms with Crippen LogP contribution in [0.1, 0.15) is 16.1 Å². The maximum atomic E-state index is 12.0. The standard InChI is InChI=1S/C13H15N5O2S/c1-18(2)13(20)16-8-10-7-9(3-4-14-10)11(19)17-12-15-5-6-21-12/h3-7H,8H2,1-2H3,(H,16,20)(H,15,17,19). The lowest BCUT2D eigenvalue weighted by Gasteiger charge is -2.11. The molecule has 2 aromatic heterocycles. The number of urea groups is 1. The van der Waals surface area contributed by atoms with Crippen LogP contribution in [0.2, 0.25) is 0 Å². The quantitative estimate of drug-likeness (QED) is 0.897. The molecule has 0 bridgehead atoms. The Hall–Kier alpha value is -2.48. The first-order valence-corrected chi connectivity index (χ1v) is 7.05. The Balaban J connectivity index is 2.00. The van der Waals surface area contributed by atoms with Crippen molar-refractivity contribution in [2.75, 3.05) is 19.4 Å². The molecule has 0 unspecified atom stereocenters. The van der Waals surface area contributed by atoms with Crippen molar-refractivity contribution < 1.29 is 9.59 Å². The van der Waals surface area contributed by atoms with E-state index in [1.54, 1.807) is 37.8 Å². The van der Waals surface area contributed by atoms with Crippen molar-refractivity contribution in [3.8, 4) is 0 Å². The van der Waals surface area contributed by atoms with E-state index in [2.05, 4.69) is 20.6 Å². The molecule has 7 nitrogen and oxygen atoms in total. The fraction of sp³-hybridized carbons (Fsp3) is 0.231. The first-order chi connectivity index (χ1) is 10.1. The zero-order valence-corrected chi connectivity index (χ0v) is 12.5. The van der Waals surface area contributed by atoms with Crippen LogP contribution in [0.25, 0.3) is 0 Å². The molecule has 110 valence electrons. The van der Waals surface area contributed by atoms with Gasteiger partial charge in [0.05, 0.1) is 12.2 Å². The van der Waals surface area contributed by atoms with Gasteiger partial charge in [-0.3, -0.25) is 15.1 Å². The van der Waals surface area contributed by atoms with Gasteiger partial charge in [-0.2, -0.15) is 0 Å². The topological polar surface area (TPSA) is 87.2 Å². The number of carbonyl (C=O) groups is 2. The van der Waals surface area contributed by atoms with E-state index in [1.807, 2.05) is 0 Å². The van der Waals surface area contributed by atoms with Gasteiger partial charge in [0.2, 0.25) is 0 Å². The number of anilines is 1. The van der Waals surface area contributed by atoms with Crippen LogP contribution in [0, 0.1) is 0 Å². The second kappa shape index (κ2) is 6.80. The number of carbonyl (C=O) groups excluding carboxylic acids is 2. The largest absolute Gasteiger partial charge is 0.332 e. The van der Waals surface area contributed by atoms with Gasteiger partial charge in [0.1, 0.15) is 0 Å². The molecule has 21 heavy (non-hydrogen) atoms. The molecule has 3 amide bonds. The van der Waals surface area contributed by atoms with Gasteiger partial charge in [0.15, 0.2) is 5.13 Å². The van der Waals surface area contributed by atoms with E-state index in [-0.39, 0.29) is 18.5 Å². The van der Waals surface area contributed by atoms with Crippen LogP contribution < -0.4 is 10.6 Å². The molecule has 0 saturated carbocycles. The maximum Gasteiger partial charge on any atom is 0.317 e. The predicted molar refractivity (Wildman–Crippen MR) is 80.2 cm³/mol. The van der Waals surface area contributed by atoms with Crippen molar-refractivity contribution >= 4 is 28.4 Å². The minimum absolute atomic E-state index is 0.213. The van der Waals surface area contributed by atoms with Gasteiger partial charge in [-0.15, -0.1) is 11.3 Å². The highest BCUT2D eigenvalue weighted by atomic mass is 32.1. The van der Waals surface area contributed by atoms with Crippen LogP contribution in [0.3, 0.4) is 0 Å². The van der Waals surface area contributed by atoms with Crippen LogP contribution >= 0.6 is 11.3 Å². The average molecular weight is 305 g/mol. The number of aromatic nitrogens is 2. The second-order valence-electron chi connectivity index (χ2n) is 4.38. The number of nitrogens with zero attached hydrogens (tertiary/aromatic N) is 3. The summed E-state index contributed by atoms with van der Waals surface area (Å²) in [5, 5.41) is 7.71. The highest BCUT2D eigenvalue weighted by Gasteiger charge is 2.09.